The second kappa shape index (κ2) is 8.78. The first-order valence-corrected chi connectivity index (χ1v) is 11.0. The first kappa shape index (κ1) is 21.3. The van der Waals surface area contributed by atoms with E-state index in [-0.39, 0.29) is 0 Å². The van der Waals surface area contributed by atoms with Crippen LogP contribution in [-0.2, 0) is 13.1 Å². The standard InChI is InChI=1S/C25H23N7O2/c1-3-31-16(2)28-21-12-18(9-10-22(21)31)24(33)29-30-25(34)20-11-19-14-27-32(23(19)26-13-20)15-17-7-5-4-6-8-17/h4-14H,3,15H2,1-2H3,(H,29,33)(H,30,34). The molecule has 0 saturated carbocycles. The molecule has 3 aromatic heterocycles. The van der Waals surface area contributed by atoms with E-state index in [4.69, 9.17) is 0 Å². The molecule has 0 unspecified atom stereocenters. The predicted octanol–water partition coefficient (Wildman–Crippen LogP) is 3.23. The number of hydrazine groups is 1. The van der Waals surface area contributed by atoms with E-state index in [2.05, 4.69) is 30.5 Å². The molecule has 0 bridgehead atoms. The molecule has 0 radical (unpaired) electrons. The Labute approximate surface area is 195 Å². The molecule has 9 nitrogen and oxygen atoms in total. The van der Waals surface area contributed by atoms with Gasteiger partial charge >= 0.3 is 0 Å². The van der Waals surface area contributed by atoms with Crippen LogP contribution in [0.15, 0.2) is 67.0 Å². The quantitative estimate of drug-likeness (QED) is 0.398. The molecule has 34 heavy (non-hydrogen) atoms. The van der Waals surface area contributed by atoms with Crippen molar-refractivity contribution in [1.29, 1.82) is 0 Å². The van der Waals surface area contributed by atoms with Gasteiger partial charge in [-0.25, -0.2) is 14.6 Å². The number of pyridine rings is 1. The molecule has 0 saturated heterocycles. The van der Waals surface area contributed by atoms with Gasteiger partial charge in [-0.15, -0.1) is 0 Å². The molecule has 5 aromatic rings. The van der Waals surface area contributed by atoms with Gasteiger partial charge in [0.25, 0.3) is 11.8 Å². The normalized spacial score (nSPS) is 11.1. The van der Waals surface area contributed by atoms with Crippen molar-refractivity contribution in [3.05, 3.63) is 89.5 Å². The van der Waals surface area contributed by atoms with Crippen LogP contribution in [-0.4, -0.2) is 36.1 Å². The molecule has 0 atom stereocenters. The van der Waals surface area contributed by atoms with Crippen LogP contribution < -0.4 is 10.9 Å². The lowest BCUT2D eigenvalue weighted by atomic mass is 10.2. The monoisotopic (exact) mass is 453 g/mol. The summed E-state index contributed by atoms with van der Waals surface area (Å²) in [5, 5.41) is 5.13. The number of amides is 2. The topological polar surface area (TPSA) is 107 Å². The Morgan fingerprint density at radius 3 is 2.47 bits per heavy atom. The van der Waals surface area contributed by atoms with E-state index in [0.29, 0.717) is 23.3 Å². The third kappa shape index (κ3) is 3.99. The van der Waals surface area contributed by atoms with Crippen LogP contribution in [0.4, 0.5) is 0 Å². The summed E-state index contributed by atoms with van der Waals surface area (Å²) in [6.45, 7) is 5.36. The van der Waals surface area contributed by atoms with Crippen LogP contribution in [0.3, 0.4) is 0 Å². The Bertz CT molecular complexity index is 1520. The first-order chi connectivity index (χ1) is 16.5. The van der Waals surface area contributed by atoms with Crippen LogP contribution in [0, 0.1) is 6.92 Å². The smallest absolute Gasteiger partial charge is 0.271 e. The minimum Gasteiger partial charge on any atom is -0.329 e. The summed E-state index contributed by atoms with van der Waals surface area (Å²) >= 11 is 0. The zero-order valence-corrected chi connectivity index (χ0v) is 18.8. The summed E-state index contributed by atoms with van der Waals surface area (Å²) in [4.78, 5) is 34.1. The second-order valence-corrected chi connectivity index (χ2v) is 7.94. The Morgan fingerprint density at radius 2 is 1.71 bits per heavy atom. The molecule has 2 amide bonds. The van der Waals surface area contributed by atoms with Crippen molar-refractivity contribution >= 4 is 33.9 Å². The average molecular weight is 454 g/mol. The number of hydrogen-bond acceptors (Lipinski definition) is 5. The zero-order chi connectivity index (χ0) is 23.7. The van der Waals surface area contributed by atoms with E-state index in [0.717, 1.165) is 34.4 Å². The zero-order valence-electron chi connectivity index (χ0n) is 18.8. The minimum atomic E-state index is -0.467. The number of aromatic nitrogens is 5. The Morgan fingerprint density at radius 1 is 0.941 bits per heavy atom. The number of nitrogens with zero attached hydrogens (tertiary/aromatic N) is 5. The van der Waals surface area contributed by atoms with Gasteiger partial charge in [-0.2, -0.15) is 5.10 Å². The summed E-state index contributed by atoms with van der Waals surface area (Å²) in [5.74, 6) is -0.00671. The molecule has 0 aliphatic rings. The number of carbonyl (C=O) groups is 2. The molecule has 2 aromatic carbocycles. The van der Waals surface area contributed by atoms with E-state index >= 15 is 0 Å². The van der Waals surface area contributed by atoms with Crippen LogP contribution in [0.1, 0.15) is 39.0 Å². The highest BCUT2D eigenvalue weighted by Gasteiger charge is 2.14. The third-order valence-electron chi connectivity index (χ3n) is 5.72. The van der Waals surface area contributed by atoms with Crippen LogP contribution >= 0.6 is 0 Å². The molecular weight excluding hydrogens is 430 g/mol. The molecule has 0 fully saturated rings. The summed E-state index contributed by atoms with van der Waals surface area (Å²) in [5.41, 5.74) is 9.13. The van der Waals surface area contributed by atoms with E-state index in [1.807, 2.05) is 50.2 Å². The number of nitrogens with one attached hydrogen (secondary N) is 2. The SMILES string of the molecule is CCn1c(C)nc2cc(C(=O)NNC(=O)c3cnc4c(cnn4Cc4ccccc4)c3)ccc21. The van der Waals surface area contributed by atoms with Gasteiger partial charge < -0.3 is 4.57 Å². The van der Waals surface area contributed by atoms with Gasteiger partial charge in [0.2, 0.25) is 0 Å². The number of aryl methyl sites for hydroxylation is 2. The molecule has 9 heteroatoms. The fourth-order valence-electron chi connectivity index (χ4n) is 4.02. The molecular formula is C25H23N7O2. The molecule has 3 heterocycles. The van der Waals surface area contributed by atoms with E-state index in [1.54, 1.807) is 29.1 Å². The molecule has 0 spiro atoms. The third-order valence-corrected chi connectivity index (χ3v) is 5.72. The van der Waals surface area contributed by atoms with Gasteiger partial charge in [0, 0.05) is 23.7 Å². The van der Waals surface area contributed by atoms with Gasteiger partial charge in [-0.1, -0.05) is 30.3 Å². The number of hydrogen-bond donors (Lipinski definition) is 2. The first-order valence-electron chi connectivity index (χ1n) is 11.0. The Kier molecular flexibility index (Phi) is 5.51. The Hall–Kier alpha value is -4.53. The van der Waals surface area contributed by atoms with Gasteiger partial charge in [-0.05, 0) is 43.7 Å². The molecule has 0 aliphatic heterocycles. The van der Waals surface area contributed by atoms with Crippen molar-refractivity contribution in [3.8, 4) is 0 Å². The minimum absolute atomic E-state index is 0.319. The maximum atomic E-state index is 12.6. The van der Waals surface area contributed by atoms with Gasteiger partial charge in [0.15, 0.2) is 5.65 Å². The lowest BCUT2D eigenvalue weighted by Gasteiger charge is -2.08. The summed E-state index contributed by atoms with van der Waals surface area (Å²) < 4.78 is 3.86. The maximum absolute atomic E-state index is 12.6. The lowest BCUT2D eigenvalue weighted by molar-refractivity contribution is 0.0846. The van der Waals surface area contributed by atoms with Crippen LogP contribution in [0.2, 0.25) is 0 Å². The van der Waals surface area contributed by atoms with E-state index in [9.17, 15) is 9.59 Å². The van der Waals surface area contributed by atoms with Crippen molar-refractivity contribution in [1.82, 2.24) is 35.2 Å². The lowest BCUT2D eigenvalue weighted by Crippen LogP contribution is -2.41. The summed E-state index contributed by atoms with van der Waals surface area (Å²) in [7, 11) is 0. The molecule has 170 valence electrons. The molecule has 0 aliphatic carbocycles. The van der Waals surface area contributed by atoms with Crippen molar-refractivity contribution in [2.45, 2.75) is 26.9 Å². The average Bonchev–Trinajstić information content (AvgIpc) is 3.41. The fourth-order valence-corrected chi connectivity index (χ4v) is 4.02. The van der Waals surface area contributed by atoms with Crippen molar-refractivity contribution in [2.24, 2.45) is 0 Å². The van der Waals surface area contributed by atoms with Gasteiger partial charge in [0.05, 0.1) is 29.3 Å². The van der Waals surface area contributed by atoms with Gasteiger partial charge in [-0.3, -0.25) is 20.4 Å². The van der Waals surface area contributed by atoms with Crippen molar-refractivity contribution in [3.63, 3.8) is 0 Å². The highest BCUT2D eigenvalue weighted by molar-refractivity contribution is 6.01. The molecule has 2 N–H and O–H groups in total. The Balaban J connectivity index is 1.27. The number of carbonyl (C=O) groups excluding carboxylic acids is 2. The number of rotatable bonds is 5. The van der Waals surface area contributed by atoms with Crippen LogP contribution in [0.25, 0.3) is 22.1 Å². The summed E-state index contributed by atoms with van der Waals surface area (Å²) in [6, 6.07) is 16.9. The highest BCUT2D eigenvalue weighted by Crippen LogP contribution is 2.18. The number of benzene rings is 2. The van der Waals surface area contributed by atoms with Crippen molar-refractivity contribution in [2.75, 3.05) is 0 Å². The number of fused-ring (bicyclic) bond motifs is 2. The van der Waals surface area contributed by atoms with Gasteiger partial charge in [0.1, 0.15) is 5.82 Å². The molecule has 5 rings (SSSR count). The fraction of sp³-hybridized carbons (Fsp3) is 0.160. The van der Waals surface area contributed by atoms with E-state index in [1.165, 1.54) is 6.20 Å². The summed E-state index contributed by atoms with van der Waals surface area (Å²) in [6.07, 6.45) is 3.15. The second-order valence-electron chi connectivity index (χ2n) is 7.94. The van der Waals surface area contributed by atoms with Crippen molar-refractivity contribution < 1.29 is 9.59 Å². The number of imidazole rings is 1. The highest BCUT2D eigenvalue weighted by atomic mass is 16.2. The predicted molar refractivity (Wildman–Crippen MR) is 128 cm³/mol. The maximum Gasteiger partial charge on any atom is 0.271 e. The largest absolute Gasteiger partial charge is 0.329 e. The van der Waals surface area contributed by atoms with E-state index < -0.39 is 11.8 Å². The van der Waals surface area contributed by atoms with Crippen LogP contribution in [0.5, 0.6) is 0 Å².